The van der Waals surface area contributed by atoms with Crippen LogP contribution in [0.5, 0.6) is 11.5 Å². The molecule has 3 aromatic rings. The molecule has 180 valence electrons. The van der Waals surface area contributed by atoms with Crippen molar-refractivity contribution in [1.82, 2.24) is 4.57 Å². The second kappa shape index (κ2) is 9.98. The number of ether oxygens (including phenoxy) is 3. The predicted octanol–water partition coefficient (Wildman–Crippen LogP) is 2.98. The van der Waals surface area contributed by atoms with Crippen LogP contribution < -0.4 is 14.3 Å². The lowest BCUT2D eigenvalue weighted by molar-refractivity contribution is -0.143. The van der Waals surface area contributed by atoms with E-state index in [1.54, 1.807) is 35.8 Å². The van der Waals surface area contributed by atoms with Crippen LogP contribution in [0.1, 0.15) is 25.3 Å². The summed E-state index contributed by atoms with van der Waals surface area (Å²) in [6, 6.07) is 10.1. The summed E-state index contributed by atoms with van der Waals surface area (Å²) in [6.07, 6.45) is -0.164. The number of aryl methyl sites for hydroxylation is 2. The van der Waals surface area contributed by atoms with E-state index in [0.717, 1.165) is 15.8 Å². The van der Waals surface area contributed by atoms with Gasteiger partial charge in [0.05, 0.1) is 33.9 Å². The Labute approximate surface area is 200 Å². The van der Waals surface area contributed by atoms with Crippen LogP contribution in [0.15, 0.2) is 46.3 Å². The van der Waals surface area contributed by atoms with Crippen LogP contribution in [0, 0.1) is 6.92 Å². The number of carbonyl (C=O) groups is 2. The van der Waals surface area contributed by atoms with Crippen LogP contribution in [0.4, 0.5) is 0 Å². The quantitative estimate of drug-likeness (QED) is 0.433. The predicted molar refractivity (Wildman–Crippen MR) is 126 cm³/mol. The van der Waals surface area contributed by atoms with Gasteiger partial charge in [-0.1, -0.05) is 29.0 Å². The SMILES string of the molecule is CCOC(=O)CCn1c(=NC(=O)CCS(=O)(=O)c2ccc(C)cc2)sc2cc3c(cc21)OCO3. The molecule has 2 heterocycles. The van der Waals surface area contributed by atoms with Gasteiger partial charge in [-0.05, 0) is 26.0 Å². The maximum atomic E-state index is 12.6. The monoisotopic (exact) mass is 504 g/mol. The van der Waals surface area contributed by atoms with Crippen LogP contribution in [-0.4, -0.2) is 44.0 Å². The van der Waals surface area contributed by atoms with Crippen molar-refractivity contribution in [3.63, 3.8) is 0 Å². The molecule has 0 saturated heterocycles. The minimum atomic E-state index is -3.61. The first-order chi connectivity index (χ1) is 16.3. The topological polar surface area (TPSA) is 113 Å². The largest absolute Gasteiger partial charge is 0.466 e. The van der Waals surface area contributed by atoms with Crippen LogP contribution in [-0.2, 0) is 30.7 Å². The summed E-state index contributed by atoms with van der Waals surface area (Å²) in [5.41, 5.74) is 1.68. The summed E-state index contributed by atoms with van der Waals surface area (Å²) in [6.45, 7) is 4.24. The van der Waals surface area contributed by atoms with Gasteiger partial charge in [-0.2, -0.15) is 4.99 Å². The Bertz CT molecular complexity index is 1400. The average molecular weight is 505 g/mol. The number of aromatic nitrogens is 1. The molecule has 1 amide bonds. The number of hydrogen-bond acceptors (Lipinski definition) is 8. The van der Waals surface area contributed by atoms with Crippen LogP contribution >= 0.6 is 11.3 Å². The number of amides is 1. The third-order valence-electron chi connectivity index (χ3n) is 5.21. The normalized spacial score (nSPS) is 13.4. The molecule has 11 heteroatoms. The zero-order chi connectivity index (χ0) is 24.3. The van der Waals surface area contributed by atoms with E-state index in [2.05, 4.69) is 4.99 Å². The summed E-state index contributed by atoms with van der Waals surface area (Å²) in [7, 11) is -3.61. The van der Waals surface area contributed by atoms with Gasteiger partial charge in [0.25, 0.3) is 0 Å². The van der Waals surface area contributed by atoms with Gasteiger partial charge < -0.3 is 18.8 Å². The van der Waals surface area contributed by atoms with Crippen LogP contribution in [0.25, 0.3) is 10.2 Å². The third kappa shape index (κ3) is 5.31. The fourth-order valence-electron chi connectivity index (χ4n) is 3.44. The molecule has 0 spiro atoms. The molecule has 0 fully saturated rings. The van der Waals surface area contributed by atoms with E-state index in [1.807, 2.05) is 6.92 Å². The van der Waals surface area contributed by atoms with Crippen molar-refractivity contribution in [3.05, 3.63) is 46.8 Å². The van der Waals surface area contributed by atoms with Gasteiger partial charge in [-0.15, -0.1) is 0 Å². The van der Waals surface area contributed by atoms with E-state index in [4.69, 9.17) is 14.2 Å². The van der Waals surface area contributed by atoms with Crippen molar-refractivity contribution in [2.45, 2.75) is 38.1 Å². The van der Waals surface area contributed by atoms with Gasteiger partial charge >= 0.3 is 5.97 Å². The second-order valence-electron chi connectivity index (χ2n) is 7.65. The molecular formula is C23H24N2O7S2. The first-order valence-electron chi connectivity index (χ1n) is 10.7. The van der Waals surface area contributed by atoms with Crippen molar-refractivity contribution < 1.29 is 32.2 Å². The molecule has 0 bridgehead atoms. The molecule has 0 aliphatic carbocycles. The van der Waals surface area contributed by atoms with Crippen molar-refractivity contribution in [2.75, 3.05) is 19.2 Å². The number of sulfone groups is 1. The maximum Gasteiger partial charge on any atom is 0.307 e. The molecule has 9 nitrogen and oxygen atoms in total. The Morgan fingerprint density at radius 1 is 1.12 bits per heavy atom. The van der Waals surface area contributed by atoms with E-state index in [-0.39, 0.29) is 49.4 Å². The standard InChI is InChI=1S/C23H24N2O7S2/c1-3-30-22(27)8-10-25-17-12-18-19(32-14-31-18)13-20(17)33-23(25)24-21(26)9-11-34(28,29)16-6-4-15(2)5-7-16/h4-7,12-13H,3,8-11,14H2,1-2H3. The number of thiazole rings is 1. The molecule has 34 heavy (non-hydrogen) atoms. The number of hydrogen-bond donors (Lipinski definition) is 0. The van der Waals surface area contributed by atoms with E-state index in [0.29, 0.717) is 16.3 Å². The average Bonchev–Trinajstić information content (AvgIpc) is 3.38. The number of benzene rings is 2. The van der Waals surface area contributed by atoms with Crippen LogP contribution in [0.3, 0.4) is 0 Å². The highest BCUT2D eigenvalue weighted by Gasteiger charge is 2.20. The minimum absolute atomic E-state index is 0.0945. The second-order valence-corrected chi connectivity index (χ2v) is 10.8. The number of carbonyl (C=O) groups excluding carboxylic acids is 2. The fourth-order valence-corrected chi connectivity index (χ4v) is 5.76. The summed E-state index contributed by atoms with van der Waals surface area (Å²) in [5.74, 6) is -0.114. The molecule has 0 saturated carbocycles. The molecule has 2 aromatic carbocycles. The molecule has 0 unspecified atom stereocenters. The molecule has 1 aromatic heterocycles. The van der Waals surface area contributed by atoms with Crippen molar-refractivity contribution in [1.29, 1.82) is 0 Å². The molecule has 0 radical (unpaired) electrons. The Hall–Kier alpha value is -3.18. The maximum absolute atomic E-state index is 12.6. The lowest BCUT2D eigenvalue weighted by Crippen LogP contribution is -2.20. The molecule has 1 aliphatic heterocycles. The van der Waals surface area contributed by atoms with E-state index >= 15 is 0 Å². The lowest BCUT2D eigenvalue weighted by atomic mass is 10.2. The van der Waals surface area contributed by atoms with Crippen molar-refractivity contribution in [3.8, 4) is 11.5 Å². The Balaban J connectivity index is 1.60. The van der Waals surface area contributed by atoms with Crippen molar-refractivity contribution >= 4 is 43.3 Å². The molecule has 0 N–H and O–H groups in total. The molecular weight excluding hydrogens is 480 g/mol. The van der Waals surface area contributed by atoms with Gasteiger partial charge in [0, 0.05) is 25.1 Å². The Morgan fingerprint density at radius 3 is 2.53 bits per heavy atom. The first kappa shape index (κ1) is 24.0. The van der Waals surface area contributed by atoms with Gasteiger partial charge in [0.1, 0.15) is 0 Å². The lowest BCUT2D eigenvalue weighted by Gasteiger charge is -2.06. The Kier molecular flexibility index (Phi) is 7.03. The van der Waals surface area contributed by atoms with Crippen molar-refractivity contribution in [2.24, 2.45) is 4.99 Å². The number of nitrogens with zero attached hydrogens (tertiary/aromatic N) is 2. The van der Waals surface area contributed by atoms with E-state index in [1.165, 1.54) is 23.5 Å². The molecule has 1 aliphatic rings. The zero-order valence-electron chi connectivity index (χ0n) is 18.8. The highest BCUT2D eigenvalue weighted by molar-refractivity contribution is 7.91. The minimum Gasteiger partial charge on any atom is -0.466 e. The number of esters is 1. The molecule has 4 rings (SSSR count). The summed E-state index contributed by atoms with van der Waals surface area (Å²) in [5, 5.41) is 0. The summed E-state index contributed by atoms with van der Waals surface area (Å²) < 4.78 is 43.6. The zero-order valence-corrected chi connectivity index (χ0v) is 20.4. The van der Waals surface area contributed by atoms with E-state index < -0.39 is 15.7 Å². The summed E-state index contributed by atoms with van der Waals surface area (Å²) in [4.78, 5) is 29.3. The third-order valence-corrected chi connectivity index (χ3v) is 7.98. The number of fused-ring (bicyclic) bond motifs is 2. The Morgan fingerprint density at radius 2 is 1.82 bits per heavy atom. The van der Waals surface area contributed by atoms with Gasteiger partial charge in [-0.25, -0.2) is 8.42 Å². The van der Waals surface area contributed by atoms with Gasteiger partial charge in [-0.3, -0.25) is 9.59 Å². The first-order valence-corrected chi connectivity index (χ1v) is 13.2. The van der Waals surface area contributed by atoms with Gasteiger partial charge in [0.2, 0.25) is 12.7 Å². The highest BCUT2D eigenvalue weighted by atomic mass is 32.2. The summed E-state index contributed by atoms with van der Waals surface area (Å²) >= 11 is 1.25. The van der Waals surface area contributed by atoms with Crippen LogP contribution in [0.2, 0.25) is 0 Å². The smallest absolute Gasteiger partial charge is 0.307 e. The van der Waals surface area contributed by atoms with Gasteiger partial charge in [0.15, 0.2) is 26.1 Å². The highest BCUT2D eigenvalue weighted by Crippen LogP contribution is 2.37. The molecule has 0 atom stereocenters. The van der Waals surface area contributed by atoms with E-state index in [9.17, 15) is 18.0 Å². The number of rotatable bonds is 8. The fraction of sp³-hybridized carbons (Fsp3) is 0.348.